The number of nitrogens with zero attached hydrogens (tertiary/aromatic N) is 1. The van der Waals surface area contributed by atoms with Crippen LogP contribution in [0, 0.1) is 0 Å². The van der Waals surface area contributed by atoms with Crippen molar-refractivity contribution in [3.05, 3.63) is 65.2 Å². The van der Waals surface area contributed by atoms with Crippen molar-refractivity contribution < 1.29 is 22.8 Å². The van der Waals surface area contributed by atoms with Crippen molar-refractivity contribution in [3.63, 3.8) is 0 Å². The number of anilines is 1. The zero-order chi connectivity index (χ0) is 20.0. The van der Waals surface area contributed by atoms with Crippen LogP contribution >= 0.6 is 0 Å². The summed E-state index contributed by atoms with van der Waals surface area (Å²) in [5, 5.41) is 2.63. The molecule has 0 aliphatic heterocycles. The van der Waals surface area contributed by atoms with Gasteiger partial charge in [-0.2, -0.15) is 13.2 Å². The molecule has 0 aliphatic carbocycles. The molecule has 0 atom stereocenters. The van der Waals surface area contributed by atoms with Crippen molar-refractivity contribution in [1.82, 2.24) is 4.90 Å². The van der Waals surface area contributed by atoms with E-state index in [0.29, 0.717) is 24.3 Å². The van der Waals surface area contributed by atoms with Gasteiger partial charge in [0.15, 0.2) is 0 Å². The lowest BCUT2D eigenvalue weighted by Crippen LogP contribution is -2.30. The predicted molar refractivity (Wildman–Crippen MR) is 97.5 cm³/mol. The van der Waals surface area contributed by atoms with Crippen LogP contribution < -0.4 is 5.32 Å². The Balaban J connectivity index is 2.08. The molecule has 2 rings (SSSR count). The SMILES string of the molecule is CCN(CC)C(=O)c1cccc(NC(=O)Cc2cccc(C(F)(F)F)c2)c1. The van der Waals surface area contributed by atoms with Crippen LogP contribution in [0.1, 0.15) is 35.3 Å². The molecule has 144 valence electrons. The van der Waals surface area contributed by atoms with E-state index in [1.807, 2.05) is 13.8 Å². The number of rotatable bonds is 6. The van der Waals surface area contributed by atoms with E-state index < -0.39 is 17.6 Å². The van der Waals surface area contributed by atoms with E-state index in [4.69, 9.17) is 0 Å². The van der Waals surface area contributed by atoms with Crippen molar-refractivity contribution in [2.75, 3.05) is 18.4 Å². The van der Waals surface area contributed by atoms with Crippen LogP contribution in [0.3, 0.4) is 0 Å². The van der Waals surface area contributed by atoms with E-state index >= 15 is 0 Å². The molecule has 0 saturated heterocycles. The van der Waals surface area contributed by atoms with Gasteiger partial charge in [-0.25, -0.2) is 0 Å². The second-order valence-corrected chi connectivity index (χ2v) is 5.98. The molecule has 4 nitrogen and oxygen atoms in total. The highest BCUT2D eigenvalue weighted by Gasteiger charge is 2.30. The van der Waals surface area contributed by atoms with Gasteiger partial charge in [-0.1, -0.05) is 24.3 Å². The van der Waals surface area contributed by atoms with E-state index in [0.717, 1.165) is 12.1 Å². The van der Waals surface area contributed by atoms with Gasteiger partial charge in [-0.05, 0) is 43.7 Å². The fourth-order valence-electron chi connectivity index (χ4n) is 2.67. The maximum Gasteiger partial charge on any atom is 0.416 e. The first-order valence-corrected chi connectivity index (χ1v) is 8.60. The largest absolute Gasteiger partial charge is 0.416 e. The van der Waals surface area contributed by atoms with Crippen LogP contribution in [0.25, 0.3) is 0 Å². The molecular formula is C20H21F3N2O2. The van der Waals surface area contributed by atoms with E-state index in [9.17, 15) is 22.8 Å². The van der Waals surface area contributed by atoms with Crippen LogP contribution in [0.15, 0.2) is 48.5 Å². The molecule has 0 spiro atoms. The molecular weight excluding hydrogens is 357 g/mol. The zero-order valence-electron chi connectivity index (χ0n) is 15.1. The molecule has 27 heavy (non-hydrogen) atoms. The first-order valence-electron chi connectivity index (χ1n) is 8.60. The lowest BCUT2D eigenvalue weighted by Gasteiger charge is -2.19. The van der Waals surface area contributed by atoms with Crippen molar-refractivity contribution >= 4 is 17.5 Å². The minimum Gasteiger partial charge on any atom is -0.339 e. The molecule has 1 N–H and O–H groups in total. The van der Waals surface area contributed by atoms with Gasteiger partial charge in [-0.15, -0.1) is 0 Å². The molecule has 0 bridgehead atoms. The lowest BCUT2D eigenvalue weighted by atomic mass is 10.1. The summed E-state index contributed by atoms with van der Waals surface area (Å²) < 4.78 is 38.3. The minimum absolute atomic E-state index is 0.144. The quantitative estimate of drug-likeness (QED) is 0.812. The summed E-state index contributed by atoms with van der Waals surface area (Å²) in [4.78, 5) is 26.2. The summed E-state index contributed by atoms with van der Waals surface area (Å²) in [6.07, 6.45) is -4.65. The number of halogens is 3. The zero-order valence-corrected chi connectivity index (χ0v) is 15.1. The van der Waals surface area contributed by atoms with Gasteiger partial charge in [0.25, 0.3) is 5.91 Å². The Kier molecular flexibility index (Phi) is 6.60. The van der Waals surface area contributed by atoms with Crippen LogP contribution in [0.4, 0.5) is 18.9 Å². The van der Waals surface area contributed by atoms with Gasteiger partial charge >= 0.3 is 6.18 Å². The summed E-state index contributed by atoms with van der Waals surface area (Å²) in [7, 11) is 0. The molecule has 0 fully saturated rings. The van der Waals surface area contributed by atoms with Crippen LogP contribution in [0.2, 0.25) is 0 Å². The van der Waals surface area contributed by atoms with Gasteiger partial charge in [0.05, 0.1) is 12.0 Å². The number of amides is 2. The van der Waals surface area contributed by atoms with Crippen LogP contribution in [0.5, 0.6) is 0 Å². The van der Waals surface area contributed by atoms with Crippen molar-refractivity contribution in [1.29, 1.82) is 0 Å². The Labute approximate surface area is 156 Å². The van der Waals surface area contributed by atoms with E-state index in [1.54, 1.807) is 29.2 Å². The lowest BCUT2D eigenvalue weighted by molar-refractivity contribution is -0.137. The average Bonchev–Trinajstić information content (AvgIpc) is 2.62. The van der Waals surface area contributed by atoms with Gasteiger partial charge in [0.2, 0.25) is 5.91 Å². The predicted octanol–water partition coefficient (Wildman–Crippen LogP) is 4.37. The van der Waals surface area contributed by atoms with Gasteiger partial charge < -0.3 is 10.2 Å². The molecule has 2 aromatic rings. The molecule has 2 aromatic carbocycles. The third-order valence-corrected chi connectivity index (χ3v) is 4.06. The Bertz CT molecular complexity index is 815. The second kappa shape index (κ2) is 8.70. The molecule has 0 aliphatic rings. The third kappa shape index (κ3) is 5.57. The number of hydrogen-bond donors (Lipinski definition) is 1. The number of nitrogens with one attached hydrogen (secondary N) is 1. The third-order valence-electron chi connectivity index (χ3n) is 4.06. The molecule has 0 unspecified atom stereocenters. The highest BCUT2D eigenvalue weighted by molar-refractivity contribution is 5.97. The number of carbonyl (C=O) groups is 2. The second-order valence-electron chi connectivity index (χ2n) is 5.98. The Morgan fingerprint density at radius 2 is 1.67 bits per heavy atom. The summed E-state index contributed by atoms with van der Waals surface area (Å²) in [6, 6.07) is 11.2. The number of carbonyl (C=O) groups excluding carboxylic acids is 2. The molecule has 7 heteroatoms. The highest BCUT2D eigenvalue weighted by Crippen LogP contribution is 2.29. The van der Waals surface area contributed by atoms with Crippen molar-refractivity contribution in [3.8, 4) is 0 Å². The number of benzene rings is 2. The molecule has 0 aromatic heterocycles. The summed E-state index contributed by atoms with van der Waals surface area (Å²) in [5.74, 6) is -0.601. The minimum atomic E-state index is -4.45. The molecule has 0 heterocycles. The van der Waals surface area contributed by atoms with Gasteiger partial charge in [0, 0.05) is 24.3 Å². The standard InChI is InChI=1S/C20H21F3N2O2/c1-3-25(4-2)19(27)15-8-6-10-17(13-15)24-18(26)12-14-7-5-9-16(11-14)20(21,22)23/h5-11,13H,3-4,12H2,1-2H3,(H,24,26). The molecule has 0 saturated carbocycles. The van der Waals surface area contributed by atoms with Crippen molar-refractivity contribution in [2.45, 2.75) is 26.4 Å². The topological polar surface area (TPSA) is 49.4 Å². The van der Waals surface area contributed by atoms with Crippen LogP contribution in [-0.2, 0) is 17.4 Å². The smallest absolute Gasteiger partial charge is 0.339 e. The van der Waals surface area contributed by atoms with Crippen LogP contribution in [-0.4, -0.2) is 29.8 Å². The summed E-state index contributed by atoms with van der Waals surface area (Å²) >= 11 is 0. The fraction of sp³-hybridized carbons (Fsp3) is 0.300. The summed E-state index contributed by atoms with van der Waals surface area (Å²) in [6.45, 7) is 4.90. The fourth-order valence-corrected chi connectivity index (χ4v) is 2.67. The van der Waals surface area contributed by atoms with E-state index in [-0.39, 0.29) is 17.9 Å². The Hall–Kier alpha value is -2.83. The number of hydrogen-bond acceptors (Lipinski definition) is 2. The number of alkyl halides is 3. The highest BCUT2D eigenvalue weighted by atomic mass is 19.4. The molecule has 2 amide bonds. The molecule has 0 radical (unpaired) electrons. The van der Waals surface area contributed by atoms with Gasteiger partial charge in [0.1, 0.15) is 0 Å². The van der Waals surface area contributed by atoms with E-state index in [2.05, 4.69) is 5.32 Å². The normalized spacial score (nSPS) is 11.1. The summed E-state index contributed by atoms with van der Waals surface area (Å²) in [5.41, 5.74) is 0.331. The first kappa shape index (κ1) is 20.5. The monoisotopic (exact) mass is 378 g/mol. The average molecular weight is 378 g/mol. The Morgan fingerprint density at radius 1 is 1.00 bits per heavy atom. The maximum absolute atomic E-state index is 12.8. The Morgan fingerprint density at radius 3 is 2.30 bits per heavy atom. The van der Waals surface area contributed by atoms with Gasteiger partial charge in [-0.3, -0.25) is 9.59 Å². The van der Waals surface area contributed by atoms with Crippen molar-refractivity contribution in [2.24, 2.45) is 0 Å². The first-order chi connectivity index (χ1) is 12.7. The van der Waals surface area contributed by atoms with E-state index in [1.165, 1.54) is 12.1 Å². The maximum atomic E-state index is 12.8.